The van der Waals surface area contributed by atoms with Gasteiger partial charge >= 0.3 is 47.8 Å². The van der Waals surface area contributed by atoms with Crippen LogP contribution in [-0.4, -0.2) is 98.5 Å². The van der Waals surface area contributed by atoms with Crippen molar-refractivity contribution in [3.63, 3.8) is 0 Å². The number of carbonyl (C=O) groups excluding carboxylic acids is 10. The number of ether oxygens (including phenoxy) is 8. The number of allylic oxidation sites excluding steroid dienone is 1. The Bertz CT molecular complexity index is 2180. The zero-order valence-corrected chi connectivity index (χ0v) is 43.5. The molecule has 72 heavy (non-hydrogen) atoms. The lowest BCUT2D eigenvalue weighted by molar-refractivity contribution is -0.169. The molecule has 2 bridgehead atoms. The smallest absolute Gasteiger partial charge is 0.318 e. The topological polar surface area (TPSA) is 245 Å². The van der Waals surface area contributed by atoms with Crippen LogP contribution in [0, 0.1) is 63.6 Å². The Balaban J connectivity index is 0.000000314. The lowest BCUT2D eigenvalue weighted by atomic mass is 9.66. The van der Waals surface area contributed by atoms with Gasteiger partial charge in [-0.2, -0.15) is 0 Å². The van der Waals surface area contributed by atoms with Crippen molar-refractivity contribution in [3.8, 4) is 5.75 Å². The molecule has 0 N–H and O–H groups in total. The van der Waals surface area contributed by atoms with E-state index in [0.717, 1.165) is 19.3 Å². The second-order valence-electron chi connectivity index (χ2n) is 20.6. The molecule has 1 aromatic carbocycles. The Morgan fingerprint density at radius 3 is 1.90 bits per heavy atom. The summed E-state index contributed by atoms with van der Waals surface area (Å²) in [5, 5.41) is 0. The van der Waals surface area contributed by atoms with Crippen LogP contribution in [0.4, 0.5) is 0 Å². The molecule has 2 aliphatic carbocycles. The second kappa shape index (κ2) is 25.6. The zero-order chi connectivity index (χ0) is 53.7. The molecule has 5 rings (SSSR count). The van der Waals surface area contributed by atoms with E-state index in [-0.39, 0.29) is 86.7 Å². The number of fused-ring (bicyclic) bond motifs is 2. The molecule has 4 fully saturated rings. The molecule has 0 amide bonds. The SMILES string of the molecule is C=C(CC(C)=O)OCC(C)CC1C(=O)OC(=O)C1C(CC)C(=O)OC1CC2CCC1(C)C2(C)C.CCC(C(=O)OCCOc1ccccc1)C1C(=O)OC(=O)C1C(C)(CC)C(=O)OCCOC(=O)CC(C)=O. The van der Waals surface area contributed by atoms with Crippen molar-refractivity contribution in [2.24, 2.45) is 63.6 Å². The van der Waals surface area contributed by atoms with Gasteiger partial charge in [-0.15, -0.1) is 0 Å². The van der Waals surface area contributed by atoms with Crippen molar-refractivity contribution in [1.82, 2.24) is 0 Å². The maximum absolute atomic E-state index is 13.3. The lowest BCUT2D eigenvalue weighted by Crippen LogP contribution is -2.46. The molecule has 11 atom stereocenters. The van der Waals surface area contributed by atoms with Crippen LogP contribution in [-0.2, 0) is 81.1 Å². The summed E-state index contributed by atoms with van der Waals surface area (Å²) in [4.78, 5) is 124. The fourth-order valence-electron chi connectivity index (χ4n) is 10.7. The number of ketones is 2. The first-order valence-electron chi connectivity index (χ1n) is 25.0. The van der Waals surface area contributed by atoms with E-state index in [2.05, 4.69) is 27.4 Å². The van der Waals surface area contributed by atoms with Gasteiger partial charge < -0.3 is 37.9 Å². The largest absolute Gasteiger partial charge is 0.498 e. The predicted molar refractivity (Wildman–Crippen MR) is 256 cm³/mol. The number of Topliss-reactive ketones (excluding diaryl/α,β-unsaturated/α-hetero) is 2. The number of benzene rings is 1. The number of para-hydroxylation sites is 1. The maximum Gasteiger partial charge on any atom is 0.318 e. The summed E-state index contributed by atoms with van der Waals surface area (Å²) in [6.07, 6.45) is 3.57. The molecule has 2 aliphatic heterocycles. The van der Waals surface area contributed by atoms with Crippen molar-refractivity contribution < 1.29 is 85.8 Å². The Morgan fingerprint density at radius 2 is 1.33 bits per heavy atom. The Hall–Kier alpha value is -5.94. The normalized spacial score (nSPS) is 25.8. The summed E-state index contributed by atoms with van der Waals surface area (Å²) in [5.74, 6) is -10.6. The summed E-state index contributed by atoms with van der Waals surface area (Å²) < 4.78 is 42.4. The predicted octanol–water partition coefficient (Wildman–Crippen LogP) is 7.05. The van der Waals surface area contributed by atoms with Crippen LogP contribution in [0.2, 0.25) is 0 Å². The number of carbonyl (C=O) groups is 10. The van der Waals surface area contributed by atoms with Crippen LogP contribution in [0.25, 0.3) is 0 Å². The quantitative estimate of drug-likeness (QED) is 0.0296. The van der Waals surface area contributed by atoms with Gasteiger partial charge in [0, 0.05) is 5.41 Å². The monoisotopic (exact) mass is 1010 g/mol. The van der Waals surface area contributed by atoms with Gasteiger partial charge in [-0.1, -0.05) is 73.2 Å². The molecule has 2 saturated heterocycles. The highest BCUT2D eigenvalue weighted by Gasteiger charge is 2.64. The van der Waals surface area contributed by atoms with Gasteiger partial charge in [0.15, 0.2) is 0 Å². The standard InChI is InChI=1S/C27H34O11.C27H40O7/c1-5-19(23(30)36-14-12-34-18-10-8-7-9-11-18)21-22(25(32)38-24(21)31)27(4,6-2)26(33)37-15-13-35-20(29)16-17(3)28;1-8-19(23(29)33-21-13-18-9-10-27(21,7)26(18,5)6)22-20(24(30)34-25(22)31)11-15(2)14-32-17(4)12-16(3)28/h7-11,19,21-22H,5-6,12-16H2,1-4H3;15,18-22H,4,8-14H2,1-3,5-7H3. The minimum absolute atomic E-state index is 0.0419. The molecule has 2 saturated carbocycles. The molecule has 0 spiro atoms. The van der Waals surface area contributed by atoms with Gasteiger partial charge in [-0.05, 0) is 95.1 Å². The number of esters is 8. The highest BCUT2D eigenvalue weighted by molar-refractivity contribution is 6.02. The van der Waals surface area contributed by atoms with Crippen LogP contribution >= 0.6 is 0 Å². The molecular formula is C54H74O18. The molecule has 2 heterocycles. The second-order valence-corrected chi connectivity index (χ2v) is 20.6. The summed E-state index contributed by atoms with van der Waals surface area (Å²) in [6.45, 7) is 21.3. The summed E-state index contributed by atoms with van der Waals surface area (Å²) in [5.41, 5.74) is -1.49. The third-order valence-electron chi connectivity index (χ3n) is 15.5. The summed E-state index contributed by atoms with van der Waals surface area (Å²) in [7, 11) is 0. The van der Waals surface area contributed by atoms with Gasteiger partial charge in [0.2, 0.25) is 0 Å². The van der Waals surface area contributed by atoms with Crippen LogP contribution in [0.1, 0.15) is 127 Å². The van der Waals surface area contributed by atoms with E-state index < -0.39 is 95.1 Å². The van der Waals surface area contributed by atoms with Crippen molar-refractivity contribution >= 4 is 59.3 Å². The van der Waals surface area contributed by atoms with E-state index in [1.54, 1.807) is 38.1 Å². The lowest BCUT2D eigenvalue weighted by Gasteiger charge is -2.39. The molecule has 0 radical (unpaired) electrons. The zero-order valence-electron chi connectivity index (χ0n) is 43.5. The third-order valence-corrected chi connectivity index (χ3v) is 15.5. The van der Waals surface area contributed by atoms with Crippen molar-refractivity contribution in [3.05, 3.63) is 42.7 Å². The van der Waals surface area contributed by atoms with Crippen LogP contribution in [0.15, 0.2) is 42.7 Å². The van der Waals surface area contributed by atoms with E-state index in [4.69, 9.17) is 37.9 Å². The minimum atomic E-state index is -1.51. The molecule has 398 valence electrons. The van der Waals surface area contributed by atoms with Gasteiger partial charge in [0.05, 0.1) is 59.7 Å². The highest BCUT2D eigenvalue weighted by atomic mass is 16.6. The average molecular weight is 1010 g/mol. The molecule has 4 aliphatic rings. The third kappa shape index (κ3) is 14.0. The van der Waals surface area contributed by atoms with Gasteiger partial charge in [0.1, 0.15) is 56.3 Å². The average Bonchev–Trinajstić information content (AvgIpc) is 3.91. The van der Waals surface area contributed by atoms with Crippen molar-refractivity contribution in [2.75, 3.05) is 33.0 Å². The van der Waals surface area contributed by atoms with E-state index in [1.165, 1.54) is 20.8 Å². The van der Waals surface area contributed by atoms with E-state index in [1.807, 2.05) is 19.9 Å². The number of hydrogen-bond acceptors (Lipinski definition) is 18. The number of cyclic esters (lactones) is 4. The first kappa shape index (κ1) is 58.6. The Kier molecular flexibility index (Phi) is 20.9. The van der Waals surface area contributed by atoms with E-state index in [0.29, 0.717) is 30.3 Å². The van der Waals surface area contributed by atoms with Gasteiger partial charge in [-0.25, -0.2) is 0 Å². The highest BCUT2D eigenvalue weighted by Crippen LogP contribution is 2.66. The molecule has 11 unspecified atom stereocenters. The van der Waals surface area contributed by atoms with Crippen LogP contribution < -0.4 is 4.74 Å². The summed E-state index contributed by atoms with van der Waals surface area (Å²) >= 11 is 0. The number of rotatable bonds is 26. The molecule has 0 aromatic heterocycles. The van der Waals surface area contributed by atoms with Crippen LogP contribution in [0.5, 0.6) is 5.75 Å². The van der Waals surface area contributed by atoms with Gasteiger partial charge in [0.25, 0.3) is 0 Å². The van der Waals surface area contributed by atoms with Gasteiger partial charge in [-0.3, -0.25) is 47.9 Å². The first-order valence-corrected chi connectivity index (χ1v) is 25.0. The molecule has 18 nitrogen and oxygen atoms in total. The maximum atomic E-state index is 13.3. The molecular weight excluding hydrogens is 937 g/mol. The molecule has 18 heteroatoms. The minimum Gasteiger partial charge on any atom is -0.498 e. The Labute approximate surface area is 422 Å². The van der Waals surface area contributed by atoms with E-state index >= 15 is 0 Å². The van der Waals surface area contributed by atoms with Crippen LogP contribution in [0.3, 0.4) is 0 Å². The van der Waals surface area contributed by atoms with Crippen molar-refractivity contribution in [2.45, 2.75) is 133 Å². The first-order chi connectivity index (χ1) is 33.9. The van der Waals surface area contributed by atoms with Crippen molar-refractivity contribution in [1.29, 1.82) is 0 Å². The Morgan fingerprint density at radius 1 is 0.750 bits per heavy atom. The number of hydrogen-bond donors (Lipinski definition) is 0. The van der Waals surface area contributed by atoms with E-state index in [9.17, 15) is 47.9 Å². The summed E-state index contributed by atoms with van der Waals surface area (Å²) in [6, 6.07) is 8.94. The molecule has 1 aromatic rings. The fourth-order valence-corrected chi connectivity index (χ4v) is 10.7. The fraction of sp³-hybridized carbons (Fsp3) is 0.667.